The fraction of sp³-hybridized carbons (Fsp3) is 0.321. The highest BCUT2D eigenvalue weighted by molar-refractivity contribution is 6.30. The summed E-state index contributed by atoms with van der Waals surface area (Å²) in [6.07, 6.45) is -0.0851. The molecule has 0 aromatic heterocycles. The Morgan fingerprint density at radius 1 is 0.914 bits per heavy atom. The monoisotopic (exact) mass is 511 g/mol. The van der Waals surface area contributed by atoms with Gasteiger partial charge in [-0.1, -0.05) is 77.3 Å². The first-order chi connectivity index (χ1) is 17.0. The lowest BCUT2D eigenvalue weighted by Crippen LogP contribution is -2.52. The summed E-state index contributed by atoms with van der Waals surface area (Å²) in [7, 11) is 0. The molecule has 1 N–H and O–H groups in total. The molecular formula is C28H31Cl2N3O2. The van der Waals surface area contributed by atoms with Crippen LogP contribution in [0.4, 0.5) is 4.79 Å². The molecule has 1 saturated heterocycles. The van der Waals surface area contributed by atoms with Gasteiger partial charge in [0.15, 0.2) is 0 Å². The highest BCUT2D eigenvalue weighted by atomic mass is 35.5. The van der Waals surface area contributed by atoms with E-state index in [9.17, 15) is 4.79 Å². The molecule has 3 aromatic rings. The van der Waals surface area contributed by atoms with E-state index >= 15 is 0 Å². The second-order valence-electron chi connectivity index (χ2n) is 8.91. The van der Waals surface area contributed by atoms with Crippen molar-refractivity contribution < 1.29 is 9.53 Å². The summed E-state index contributed by atoms with van der Waals surface area (Å²) in [6, 6.07) is 23.7. The highest BCUT2D eigenvalue weighted by Crippen LogP contribution is 2.23. The van der Waals surface area contributed by atoms with Gasteiger partial charge in [-0.05, 0) is 47.9 Å². The number of hydrogen-bond donors (Lipinski definition) is 1. The molecule has 184 valence electrons. The topological polar surface area (TPSA) is 44.8 Å². The van der Waals surface area contributed by atoms with Gasteiger partial charge in [0, 0.05) is 49.3 Å². The molecule has 0 bridgehead atoms. The Kier molecular flexibility index (Phi) is 9.05. The number of carbonyl (C=O) groups excluding carboxylic acids is 1. The lowest BCUT2D eigenvalue weighted by atomic mass is 10.1. The molecule has 1 aliphatic rings. The third-order valence-corrected chi connectivity index (χ3v) is 6.72. The molecule has 4 rings (SSSR count). The Morgan fingerprint density at radius 3 is 2.23 bits per heavy atom. The average Bonchev–Trinajstić information content (AvgIpc) is 2.87. The van der Waals surface area contributed by atoms with E-state index in [1.165, 1.54) is 5.56 Å². The Bertz CT molecular complexity index is 1100. The fourth-order valence-corrected chi connectivity index (χ4v) is 4.44. The molecule has 0 saturated carbocycles. The van der Waals surface area contributed by atoms with Gasteiger partial charge < -0.3 is 15.0 Å². The van der Waals surface area contributed by atoms with Crippen molar-refractivity contribution in [3.05, 3.63) is 105 Å². The van der Waals surface area contributed by atoms with Crippen LogP contribution >= 0.6 is 23.2 Å². The van der Waals surface area contributed by atoms with Crippen LogP contribution < -0.4 is 5.32 Å². The second-order valence-corrected chi connectivity index (χ2v) is 9.79. The average molecular weight is 512 g/mol. The van der Waals surface area contributed by atoms with E-state index < -0.39 is 0 Å². The van der Waals surface area contributed by atoms with Gasteiger partial charge in [0.25, 0.3) is 0 Å². The van der Waals surface area contributed by atoms with E-state index in [0.717, 1.165) is 36.3 Å². The molecule has 3 aromatic carbocycles. The molecule has 2 amide bonds. The summed E-state index contributed by atoms with van der Waals surface area (Å²) in [6.45, 7) is 6.83. The molecule has 1 atom stereocenters. The van der Waals surface area contributed by atoms with Gasteiger partial charge in [0.1, 0.15) is 0 Å². The van der Waals surface area contributed by atoms with Crippen molar-refractivity contribution in [2.45, 2.75) is 26.2 Å². The van der Waals surface area contributed by atoms with E-state index in [-0.39, 0.29) is 12.1 Å². The van der Waals surface area contributed by atoms with E-state index in [4.69, 9.17) is 27.9 Å². The quantitative estimate of drug-likeness (QED) is 0.398. The molecule has 0 aliphatic carbocycles. The minimum atomic E-state index is -0.0851. The summed E-state index contributed by atoms with van der Waals surface area (Å²) in [5.41, 5.74) is 4.51. The van der Waals surface area contributed by atoms with Crippen LogP contribution in [-0.2, 0) is 17.9 Å². The number of benzene rings is 3. The molecule has 7 heteroatoms. The Labute approximate surface area is 217 Å². The Morgan fingerprint density at radius 2 is 1.57 bits per heavy atom. The van der Waals surface area contributed by atoms with Gasteiger partial charge >= 0.3 is 6.03 Å². The SMILES string of the molecule is Cc1cccc(CO[C@@H](CN2CCN(C(=O)NCc3ccc(Cl)cc3)CC2)c2ccc(Cl)cc2)c1. The summed E-state index contributed by atoms with van der Waals surface area (Å²) >= 11 is 12.0. The van der Waals surface area contributed by atoms with Crippen LogP contribution in [0, 0.1) is 6.92 Å². The van der Waals surface area contributed by atoms with Crippen molar-refractivity contribution in [1.82, 2.24) is 15.1 Å². The summed E-state index contributed by atoms with van der Waals surface area (Å²) in [5.74, 6) is 0. The molecular weight excluding hydrogens is 481 g/mol. The molecule has 1 heterocycles. The van der Waals surface area contributed by atoms with Gasteiger partial charge in [-0.3, -0.25) is 4.90 Å². The predicted octanol–water partition coefficient (Wildman–Crippen LogP) is 6.09. The summed E-state index contributed by atoms with van der Waals surface area (Å²) in [5, 5.41) is 4.41. The molecule has 0 unspecified atom stereocenters. The fourth-order valence-electron chi connectivity index (χ4n) is 4.19. The van der Waals surface area contributed by atoms with Crippen LogP contribution in [0.1, 0.15) is 28.4 Å². The molecule has 1 fully saturated rings. The van der Waals surface area contributed by atoms with Gasteiger partial charge in [-0.25, -0.2) is 4.79 Å². The number of rotatable bonds is 8. The highest BCUT2D eigenvalue weighted by Gasteiger charge is 2.24. The van der Waals surface area contributed by atoms with E-state index in [2.05, 4.69) is 41.4 Å². The van der Waals surface area contributed by atoms with Crippen molar-refractivity contribution in [3.63, 3.8) is 0 Å². The zero-order valence-corrected chi connectivity index (χ0v) is 21.4. The zero-order valence-electron chi connectivity index (χ0n) is 19.9. The van der Waals surface area contributed by atoms with Gasteiger partial charge in [0.05, 0.1) is 12.7 Å². The molecule has 35 heavy (non-hydrogen) atoms. The normalized spacial score (nSPS) is 15.1. The third kappa shape index (κ3) is 7.71. The first kappa shape index (κ1) is 25.5. The number of halogens is 2. The number of urea groups is 1. The first-order valence-corrected chi connectivity index (χ1v) is 12.6. The van der Waals surface area contributed by atoms with Crippen LogP contribution in [0.2, 0.25) is 10.0 Å². The van der Waals surface area contributed by atoms with Crippen LogP contribution in [-0.4, -0.2) is 48.6 Å². The first-order valence-electron chi connectivity index (χ1n) is 11.9. The molecule has 5 nitrogen and oxygen atoms in total. The van der Waals surface area contributed by atoms with Crippen molar-refractivity contribution in [2.24, 2.45) is 0 Å². The van der Waals surface area contributed by atoms with Crippen molar-refractivity contribution in [2.75, 3.05) is 32.7 Å². The maximum absolute atomic E-state index is 12.6. The molecule has 0 radical (unpaired) electrons. The number of hydrogen-bond acceptors (Lipinski definition) is 3. The lowest BCUT2D eigenvalue weighted by Gasteiger charge is -2.36. The minimum absolute atomic E-state index is 0.0375. The maximum Gasteiger partial charge on any atom is 0.317 e. The number of nitrogens with zero attached hydrogens (tertiary/aromatic N) is 2. The number of piperazine rings is 1. The van der Waals surface area contributed by atoms with Crippen molar-refractivity contribution >= 4 is 29.2 Å². The Hall–Kier alpha value is -2.57. The van der Waals surface area contributed by atoms with Crippen LogP contribution in [0.5, 0.6) is 0 Å². The van der Waals surface area contributed by atoms with Crippen molar-refractivity contribution in [1.29, 1.82) is 0 Å². The zero-order chi connectivity index (χ0) is 24.6. The van der Waals surface area contributed by atoms with E-state index in [0.29, 0.717) is 36.3 Å². The van der Waals surface area contributed by atoms with Gasteiger partial charge in [-0.2, -0.15) is 0 Å². The lowest BCUT2D eigenvalue weighted by molar-refractivity contribution is 0.00554. The summed E-state index contributed by atoms with van der Waals surface area (Å²) in [4.78, 5) is 16.9. The smallest absolute Gasteiger partial charge is 0.317 e. The number of ether oxygens (including phenoxy) is 1. The number of carbonyl (C=O) groups is 1. The largest absolute Gasteiger partial charge is 0.368 e. The van der Waals surface area contributed by atoms with Crippen molar-refractivity contribution in [3.8, 4) is 0 Å². The second kappa shape index (κ2) is 12.4. The predicted molar refractivity (Wildman–Crippen MR) is 142 cm³/mol. The van der Waals surface area contributed by atoms with E-state index in [1.54, 1.807) is 0 Å². The summed E-state index contributed by atoms with van der Waals surface area (Å²) < 4.78 is 6.40. The minimum Gasteiger partial charge on any atom is -0.368 e. The number of amides is 2. The van der Waals surface area contributed by atoms with Crippen LogP contribution in [0.3, 0.4) is 0 Å². The molecule has 0 spiro atoms. The Balaban J connectivity index is 1.30. The van der Waals surface area contributed by atoms with Crippen LogP contribution in [0.25, 0.3) is 0 Å². The third-order valence-electron chi connectivity index (χ3n) is 6.22. The van der Waals surface area contributed by atoms with E-state index in [1.807, 2.05) is 53.4 Å². The number of nitrogens with one attached hydrogen (secondary N) is 1. The number of aryl methyl sites for hydroxylation is 1. The van der Waals surface area contributed by atoms with Gasteiger partial charge in [0.2, 0.25) is 0 Å². The maximum atomic E-state index is 12.6. The molecule has 1 aliphatic heterocycles. The van der Waals surface area contributed by atoms with Gasteiger partial charge in [-0.15, -0.1) is 0 Å². The van der Waals surface area contributed by atoms with Crippen LogP contribution in [0.15, 0.2) is 72.8 Å². The standard InChI is InChI=1S/C28H31Cl2N3O2/c1-21-3-2-4-23(17-21)20-35-27(24-7-11-26(30)12-8-24)19-32-13-15-33(16-14-32)28(34)31-18-22-5-9-25(29)10-6-22/h2-12,17,27H,13-16,18-20H2,1H3,(H,31,34)/t27-/m0/s1.